The summed E-state index contributed by atoms with van der Waals surface area (Å²) in [7, 11) is 5.55. The molecule has 138 valence electrons. The van der Waals surface area contributed by atoms with Gasteiger partial charge >= 0.3 is 0 Å². The molecule has 0 atom stereocenters. The van der Waals surface area contributed by atoms with Crippen LogP contribution in [0.5, 0.6) is 5.75 Å². The fourth-order valence-electron chi connectivity index (χ4n) is 2.35. The lowest BCUT2D eigenvalue weighted by Crippen LogP contribution is -2.15. The summed E-state index contributed by atoms with van der Waals surface area (Å²) < 4.78 is 5.10. The van der Waals surface area contributed by atoms with E-state index in [9.17, 15) is 4.79 Å². The first-order valence-electron chi connectivity index (χ1n) is 8.24. The van der Waals surface area contributed by atoms with Gasteiger partial charge in [-0.1, -0.05) is 12.1 Å². The topological polar surface area (TPSA) is 95.5 Å². The Morgan fingerprint density at radius 2 is 1.78 bits per heavy atom. The number of nitrogens with zero attached hydrogens (tertiary/aromatic N) is 4. The highest BCUT2D eigenvalue weighted by Gasteiger charge is 2.07. The number of hydrogen-bond donors (Lipinski definition) is 2. The van der Waals surface area contributed by atoms with Gasteiger partial charge in [-0.3, -0.25) is 9.78 Å². The first-order valence-corrected chi connectivity index (χ1v) is 8.24. The zero-order chi connectivity index (χ0) is 19.2. The van der Waals surface area contributed by atoms with Gasteiger partial charge in [-0.2, -0.15) is 5.10 Å². The second-order valence-electron chi connectivity index (χ2n) is 5.94. The quantitative estimate of drug-likeness (QED) is 0.515. The van der Waals surface area contributed by atoms with Crippen molar-refractivity contribution in [2.45, 2.75) is 0 Å². The number of anilines is 2. The molecule has 1 aromatic heterocycles. The van der Waals surface area contributed by atoms with Crippen molar-refractivity contribution in [3.63, 3.8) is 0 Å². The molecule has 0 radical (unpaired) electrons. The van der Waals surface area contributed by atoms with Gasteiger partial charge in [0.1, 0.15) is 5.75 Å². The van der Waals surface area contributed by atoms with E-state index in [2.05, 4.69) is 25.7 Å². The van der Waals surface area contributed by atoms with E-state index in [0.29, 0.717) is 11.3 Å². The van der Waals surface area contributed by atoms with Gasteiger partial charge in [0, 0.05) is 25.3 Å². The molecule has 0 bridgehead atoms. The lowest BCUT2D eigenvalue weighted by Gasteiger charge is -2.11. The largest absolute Gasteiger partial charge is 0.497 e. The van der Waals surface area contributed by atoms with Crippen LogP contribution in [0.25, 0.3) is 11.3 Å². The molecular formula is C19H20N6O2. The van der Waals surface area contributed by atoms with E-state index < -0.39 is 0 Å². The van der Waals surface area contributed by atoms with Crippen LogP contribution in [0.3, 0.4) is 0 Å². The van der Waals surface area contributed by atoms with Crippen LogP contribution in [0.1, 0.15) is 5.56 Å². The van der Waals surface area contributed by atoms with Crippen LogP contribution in [0.15, 0.2) is 58.4 Å². The van der Waals surface area contributed by atoms with Gasteiger partial charge in [0.05, 0.1) is 13.3 Å². The summed E-state index contributed by atoms with van der Waals surface area (Å²) in [6.45, 7) is 0. The van der Waals surface area contributed by atoms with Crippen molar-refractivity contribution in [2.75, 3.05) is 31.5 Å². The summed E-state index contributed by atoms with van der Waals surface area (Å²) in [5, 5.41) is 12.0. The molecule has 1 heterocycles. The van der Waals surface area contributed by atoms with Crippen LogP contribution in [0.2, 0.25) is 0 Å². The fraction of sp³-hybridized carbons (Fsp3) is 0.158. The highest BCUT2D eigenvalue weighted by molar-refractivity contribution is 5.80. The SMILES string of the molecule is COc1ccc(-c2nnc(N/N=C/c3ccc(N(C)C)cc3)[nH]c2=O)cc1. The number of rotatable bonds is 6. The number of methoxy groups -OCH3 is 1. The predicted molar refractivity (Wildman–Crippen MR) is 107 cm³/mol. The second-order valence-corrected chi connectivity index (χ2v) is 5.94. The maximum atomic E-state index is 12.2. The molecule has 0 amide bonds. The Balaban J connectivity index is 1.69. The van der Waals surface area contributed by atoms with Gasteiger partial charge in [-0.25, -0.2) is 5.43 Å². The van der Waals surface area contributed by atoms with Gasteiger partial charge in [0.25, 0.3) is 5.56 Å². The number of hydrazone groups is 1. The third-order valence-electron chi connectivity index (χ3n) is 3.85. The van der Waals surface area contributed by atoms with Crippen molar-refractivity contribution < 1.29 is 4.74 Å². The number of aromatic amines is 1. The van der Waals surface area contributed by atoms with Gasteiger partial charge in [0.2, 0.25) is 5.95 Å². The Bertz CT molecular complexity index is 978. The zero-order valence-electron chi connectivity index (χ0n) is 15.3. The molecule has 2 N–H and O–H groups in total. The Morgan fingerprint density at radius 3 is 2.37 bits per heavy atom. The minimum absolute atomic E-state index is 0.165. The van der Waals surface area contributed by atoms with Crippen molar-refractivity contribution in [3.05, 3.63) is 64.4 Å². The molecule has 0 aliphatic carbocycles. The third-order valence-corrected chi connectivity index (χ3v) is 3.85. The van der Waals surface area contributed by atoms with Crippen molar-refractivity contribution in [2.24, 2.45) is 5.10 Å². The first-order chi connectivity index (χ1) is 13.1. The number of ether oxygens (including phenoxy) is 1. The highest BCUT2D eigenvalue weighted by atomic mass is 16.5. The molecule has 8 heteroatoms. The monoisotopic (exact) mass is 364 g/mol. The Kier molecular flexibility index (Phi) is 5.46. The molecule has 0 aliphatic rings. The third kappa shape index (κ3) is 4.49. The lowest BCUT2D eigenvalue weighted by atomic mass is 10.1. The number of benzene rings is 2. The molecule has 2 aromatic carbocycles. The summed E-state index contributed by atoms with van der Waals surface area (Å²) in [4.78, 5) is 16.9. The summed E-state index contributed by atoms with van der Waals surface area (Å²) >= 11 is 0. The number of aromatic nitrogens is 3. The van der Waals surface area contributed by atoms with Crippen LogP contribution < -0.4 is 20.6 Å². The minimum atomic E-state index is -0.358. The van der Waals surface area contributed by atoms with E-state index in [4.69, 9.17) is 4.74 Å². The maximum absolute atomic E-state index is 12.2. The predicted octanol–water partition coefficient (Wildman–Crippen LogP) is 2.35. The normalized spacial score (nSPS) is 10.8. The molecule has 0 aliphatic heterocycles. The van der Waals surface area contributed by atoms with Crippen molar-refractivity contribution in [1.29, 1.82) is 0 Å². The van der Waals surface area contributed by atoms with Gasteiger partial charge in [-0.05, 0) is 42.0 Å². The first kappa shape index (κ1) is 18.1. The summed E-state index contributed by atoms with van der Waals surface area (Å²) in [6.07, 6.45) is 1.64. The van der Waals surface area contributed by atoms with Crippen molar-refractivity contribution >= 4 is 17.9 Å². The molecule has 0 unspecified atom stereocenters. The Labute approximate surface area is 156 Å². The summed E-state index contributed by atoms with van der Waals surface area (Å²) in [5.41, 5.74) is 5.22. The van der Waals surface area contributed by atoms with Crippen molar-refractivity contribution in [1.82, 2.24) is 15.2 Å². The molecule has 27 heavy (non-hydrogen) atoms. The molecular weight excluding hydrogens is 344 g/mol. The summed E-state index contributed by atoms with van der Waals surface area (Å²) in [5.74, 6) is 0.868. The average Bonchev–Trinajstić information content (AvgIpc) is 2.69. The van der Waals surface area contributed by atoms with Gasteiger partial charge in [0.15, 0.2) is 5.69 Å². The molecule has 0 saturated heterocycles. The summed E-state index contributed by atoms with van der Waals surface area (Å²) in [6, 6.07) is 14.9. The van der Waals surface area contributed by atoms with Crippen LogP contribution in [0, 0.1) is 0 Å². The molecule has 8 nitrogen and oxygen atoms in total. The Morgan fingerprint density at radius 1 is 1.07 bits per heavy atom. The van der Waals surface area contributed by atoms with Gasteiger partial charge < -0.3 is 9.64 Å². The second kappa shape index (κ2) is 8.13. The minimum Gasteiger partial charge on any atom is -0.497 e. The standard InChI is InChI=1S/C19H20N6O2/c1-25(2)15-8-4-13(5-9-15)12-20-23-19-21-18(26)17(22-24-19)14-6-10-16(27-3)11-7-14/h4-12H,1-3H3,(H2,21,23,24,26)/b20-12+. The fourth-order valence-corrected chi connectivity index (χ4v) is 2.35. The van der Waals surface area contributed by atoms with Crippen LogP contribution in [-0.4, -0.2) is 42.6 Å². The van der Waals surface area contributed by atoms with E-state index in [1.54, 1.807) is 37.6 Å². The number of hydrogen-bond acceptors (Lipinski definition) is 7. The zero-order valence-corrected chi connectivity index (χ0v) is 15.3. The van der Waals surface area contributed by atoms with E-state index >= 15 is 0 Å². The van der Waals surface area contributed by atoms with Crippen molar-refractivity contribution in [3.8, 4) is 17.0 Å². The number of H-pyrrole nitrogens is 1. The maximum Gasteiger partial charge on any atom is 0.279 e. The molecule has 0 fully saturated rings. The van der Waals surface area contributed by atoms with Crippen LogP contribution in [-0.2, 0) is 0 Å². The van der Waals surface area contributed by atoms with Crippen LogP contribution >= 0.6 is 0 Å². The van der Waals surface area contributed by atoms with E-state index in [-0.39, 0.29) is 17.2 Å². The van der Waals surface area contributed by atoms with Gasteiger partial charge in [-0.15, -0.1) is 10.2 Å². The average molecular weight is 364 g/mol. The van der Waals surface area contributed by atoms with E-state index in [0.717, 1.165) is 11.3 Å². The molecule has 0 saturated carbocycles. The highest BCUT2D eigenvalue weighted by Crippen LogP contribution is 2.17. The van der Waals surface area contributed by atoms with E-state index in [1.165, 1.54) is 0 Å². The molecule has 3 aromatic rings. The number of nitrogens with one attached hydrogen (secondary N) is 2. The molecule has 3 rings (SSSR count). The molecule has 0 spiro atoms. The van der Waals surface area contributed by atoms with E-state index in [1.807, 2.05) is 43.3 Å². The van der Waals surface area contributed by atoms with Crippen LogP contribution in [0.4, 0.5) is 11.6 Å². The smallest absolute Gasteiger partial charge is 0.279 e. The lowest BCUT2D eigenvalue weighted by molar-refractivity contribution is 0.415. The Hall–Kier alpha value is -3.68.